The van der Waals surface area contributed by atoms with E-state index in [4.69, 9.17) is 26.5 Å². The van der Waals surface area contributed by atoms with E-state index in [9.17, 15) is 4.79 Å². The lowest BCUT2D eigenvalue weighted by Crippen LogP contribution is -2.54. The summed E-state index contributed by atoms with van der Waals surface area (Å²) in [4.78, 5) is 12.1. The van der Waals surface area contributed by atoms with E-state index < -0.39 is 11.0 Å². The number of carbonyl (C=O) groups is 1. The van der Waals surface area contributed by atoms with Crippen molar-refractivity contribution < 1.29 is 9.53 Å². The quantitative estimate of drug-likeness (QED) is 0.216. The molecule has 0 bridgehead atoms. The number of para-hydroxylation sites is 1. The van der Waals surface area contributed by atoms with E-state index in [1.165, 1.54) is 17.3 Å². The first-order chi connectivity index (χ1) is 19.9. The molecule has 0 saturated carbocycles. The van der Waals surface area contributed by atoms with E-state index in [2.05, 4.69) is 50.2 Å². The van der Waals surface area contributed by atoms with Crippen LogP contribution in [0.25, 0.3) is 0 Å². The Balaban J connectivity index is 1.62. The predicted octanol–water partition coefficient (Wildman–Crippen LogP) is 7.98. The average Bonchev–Trinajstić information content (AvgIpc) is 3.39. The lowest BCUT2D eigenvalue weighted by atomic mass is 9.92. The van der Waals surface area contributed by atoms with Crippen molar-refractivity contribution in [3.05, 3.63) is 130 Å². The molecular formula is C33H29ClN4O2S. The van der Waals surface area contributed by atoms with Gasteiger partial charge in [0.2, 0.25) is 10.0 Å². The van der Waals surface area contributed by atoms with E-state index >= 15 is 0 Å². The summed E-state index contributed by atoms with van der Waals surface area (Å²) in [6.07, 6.45) is 0. The third kappa shape index (κ3) is 4.79. The molecule has 0 radical (unpaired) electrons. The molecule has 0 aromatic heterocycles. The summed E-state index contributed by atoms with van der Waals surface area (Å²) in [6.45, 7) is 6.41. The molecule has 1 atom stereocenters. The number of thioether (sulfide) groups is 1. The molecule has 0 aliphatic carbocycles. The van der Waals surface area contributed by atoms with Gasteiger partial charge in [0.1, 0.15) is 0 Å². The van der Waals surface area contributed by atoms with Gasteiger partial charge in [-0.2, -0.15) is 10.2 Å². The number of hydrogen-bond acceptors (Lipinski definition) is 7. The lowest BCUT2D eigenvalue weighted by Gasteiger charge is -2.47. The first kappa shape index (κ1) is 27.1. The molecule has 6 rings (SSSR count). The van der Waals surface area contributed by atoms with Crippen LogP contribution in [0.5, 0.6) is 0 Å². The fraction of sp³-hybridized carbons (Fsp3) is 0.182. The zero-order valence-corrected chi connectivity index (χ0v) is 24.6. The van der Waals surface area contributed by atoms with Gasteiger partial charge >= 0.3 is 5.97 Å². The Morgan fingerprint density at radius 1 is 0.878 bits per heavy atom. The summed E-state index contributed by atoms with van der Waals surface area (Å²) in [5.41, 5.74) is 6.56. The van der Waals surface area contributed by atoms with Crippen molar-refractivity contribution in [3.63, 3.8) is 0 Å². The van der Waals surface area contributed by atoms with E-state index in [1.807, 2.05) is 76.7 Å². The predicted molar refractivity (Wildman–Crippen MR) is 169 cm³/mol. The molecule has 8 heteroatoms. The van der Waals surface area contributed by atoms with Crippen LogP contribution in [-0.2, 0) is 14.5 Å². The summed E-state index contributed by atoms with van der Waals surface area (Å²) >= 11 is 7.79. The maximum atomic E-state index is 13.2. The number of benzene rings is 4. The molecule has 41 heavy (non-hydrogen) atoms. The monoisotopic (exact) mass is 580 g/mol. The molecule has 6 nitrogen and oxygen atoms in total. The van der Waals surface area contributed by atoms with Gasteiger partial charge < -0.3 is 4.74 Å². The number of rotatable bonds is 6. The fourth-order valence-electron chi connectivity index (χ4n) is 5.13. The summed E-state index contributed by atoms with van der Waals surface area (Å²) in [5, 5.41) is 14.8. The van der Waals surface area contributed by atoms with Crippen molar-refractivity contribution in [3.8, 4) is 0 Å². The molecule has 2 aliphatic heterocycles. The van der Waals surface area contributed by atoms with Crippen molar-refractivity contribution in [1.29, 1.82) is 0 Å². The minimum Gasteiger partial charge on any atom is -0.461 e. The molecule has 0 N–H and O–H groups in total. The van der Waals surface area contributed by atoms with E-state index in [1.54, 1.807) is 6.92 Å². The number of fused-ring (bicyclic) bond motifs is 2. The molecule has 4 aromatic rings. The van der Waals surface area contributed by atoms with Crippen LogP contribution in [0.4, 0.5) is 11.4 Å². The molecule has 0 amide bonds. The molecule has 0 unspecified atom stereocenters. The first-order valence-corrected chi connectivity index (χ1v) is 14.8. The molecule has 206 valence electrons. The van der Waals surface area contributed by atoms with E-state index in [0.717, 1.165) is 33.8 Å². The number of nitrogens with zero attached hydrogens (tertiary/aromatic N) is 4. The topological polar surface area (TPSA) is 57.5 Å². The maximum absolute atomic E-state index is 13.2. The van der Waals surface area contributed by atoms with Gasteiger partial charge in [0, 0.05) is 21.7 Å². The zero-order valence-electron chi connectivity index (χ0n) is 23.0. The first-order valence-electron chi connectivity index (χ1n) is 13.6. The second-order valence-corrected chi connectivity index (χ2v) is 11.6. The van der Waals surface area contributed by atoms with Gasteiger partial charge in [0.05, 0.1) is 23.7 Å². The molecular weight excluding hydrogens is 552 g/mol. The highest BCUT2D eigenvalue weighted by Crippen LogP contribution is 2.55. The Kier molecular flexibility index (Phi) is 7.32. The number of hydrazone groups is 2. The summed E-state index contributed by atoms with van der Waals surface area (Å²) < 4.78 is 5.42. The third-order valence-electron chi connectivity index (χ3n) is 7.09. The van der Waals surface area contributed by atoms with Crippen LogP contribution in [0, 0.1) is 0 Å². The van der Waals surface area contributed by atoms with Crippen molar-refractivity contribution in [2.24, 2.45) is 10.2 Å². The maximum Gasteiger partial charge on any atom is 0.365 e. The summed E-state index contributed by atoms with van der Waals surface area (Å²) in [7, 11) is 0. The van der Waals surface area contributed by atoms with Crippen LogP contribution in [0.15, 0.2) is 113 Å². The molecule has 2 heterocycles. The number of carbonyl (C=O) groups excluding carboxylic acids is 1. The van der Waals surface area contributed by atoms with Gasteiger partial charge in [0.25, 0.3) is 0 Å². The van der Waals surface area contributed by atoms with Crippen LogP contribution in [0.2, 0.25) is 5.02 Å². The average molecular weight is 581 g/mol. The van der Waals surface area contributed by atoms with E-state index in [-0.39, 0.29) is 11.7 Å². The van der Waals surface area contributed by atoms with Gasteiger partial charge in [-0.25, -0.2) is 14.8 Å². The van der Waals surface area contributed by atoms with E-state index in [0.29, 0.717) is 10.9 Å². The fourth-order valence-corrected chi connectivity index (χ4v) is 6.60. The van der Waals surface area contributed by atoms with Gasteiger partial charge in [-0.1, -0.05) is 98.2 Å². The number of hydrogen-bond donors (Lipinski definition) is 0. The van der Waals surface area contributed by atoms with Crippen LogP contribution in [0.1, 0.15) is 48.9 Å². The molecule has 4 aromatic carbocycles. The van der Waals surface area contributed by atoms with Crippen LogP contribution < -0.4 is 10.0 Å². The van der Waals surface area contributed by atoms with Gasteiger partial charge in [-0.05, 0) is 60.5 Å². The third-order valence-corrected chi connectivity index (χ3v) is 8.62. The van der Waals surface area contributed by atoms with Crippen molar-refractivity contribution >= 4 is 51.5 Å². The van der Waals surface area contributed by atoms with Crippen molar-refractivity contribution in [1.82, 2.24) is 0 Å². The highest BCUT2D eigenvalue weighted by Gasteiger charge is 2.56. The zero-order chi connectivity index (χ0) is 28.6. The number of anilines is 2. The highest BCUT2D eigenvalue weighted by atomic mass is 35.5. The smallest absolute Gasteiger partial charge is 0.365 e. The number of halogens is 1. The SMILES string of the molecule is CCOC(=O)C1=NN(c2cccc(Cl)c2)[C@@]2(S1)c1ccccc1C(c1ccc(C(C)C)cc1)=NN2c1ccccc1. The number of ether oxygens (including phenoxy) is 1. The molecule has 1 spiro atoms. The molecule has 0 saturated heterocycles. The Hall–Kier alpha value is -4.07. The normalized spacial score (nSPS) is 17.9. The Morgan fingerprint density at radius 2 is 1.56 bits per heavy atom. The standard InChI is InChI=1S/C33H29ClN4O2S/c1-4-40-32(39)31-36-38(27-14-10-11-25(34)21-27)33(41-31)29-16-9-8-15-28(29)30(24-19-17-23(18-20-24)22(2)3)35-37(33)26-12-6-5-7-13-26/h5-22H,4H2,1-3H3/t33-/m1/s1. The van der Waals surface area contributed by atoms with Crippen LogP contribution in [0.3, 0.4) is 0 Å². The molecule has 2 aliphatic rings. The van der Waals surface area contributed by atoms with Crippen LogP contribution in [-0.4, -0.2) is 23.3 Å². The van der Waals surface area contributed by atoms with Crippen LogP contribution >= 0.6 is 23.4 Å². The Labute approximate surface area is 249 Å². The second kappa shape index (κ2) is 11.1. The Morgan fingerprint density at radius 3 is 2.27 bits per heavy atom. The van der Waals surface area contributed by atoms with Gasteiger partial charge in [-0.15, -0.1) is 0 Å². The van der Waals surface area contributed by atoms with Crippen molar-refractivity contribution in [2.45, 2.75) is 31.7 Å². The largest absolute Gasteiger partial charge is 0.461 e. The summed E-state index contributed by atoms with van der Waals surface area (Å²) in [6, 6.07) is 34.2. The number of esters is 1. The van der Waals surface area contributed by atoms with Crippen molar-refractivity contribution in [2.75, 3.05) is 16.6 Å². The Bertz CT molecular complexity index is 1660. The van der Waals surface area contributed by atoms with Gasteiger partial charge in [0.15, 0.2) is 0 Å². The lowest BCUT2D eigenvalue weighted by molar-refractivity contribution is -0.134. The highest BCUT2D eigenvalue weighted by molar-refractivity contribution is 8.16. The van der Waals surface area contributed by atoms with Gasteiger partial charge in [-0.3, -0.25) is 0 Å². The molecule has 0 fully saturated rings. The minimum absolute atomic E-state index is 0.238. The second-order valence-electron chi connectivity index (χ2n) is 10.0. The summed E-state index contributed by atoms with van der Waals surface area (Å²) in [5.74, 6) is -0.0562. The minimum atomic E-state index is -1.08.